The summed E-state index contributed by atoms with van der Waals surface area (Å²) in [4.78, 5) is 10.9. The summed E-state index contributed by atoms with van der Waals surface area (Å²) in [7, 11) is 4.01. The number of halogens is 1. The van der Waals surface area contributed by atoms with E-state index in [-0.39, 0.29) is 5.82 Å². The van der Waals surface area contributed by atoms with Crippen molar-refractivity contribution >= 4 is 33.7 Å². The van der Waals surface area contributed by atoms with Gasteiger partial charge in [-0.3, -0.25) is 15.1 Å². The Morgan fingerprint density at radius 2 is 1.74 bits per heavy atom. The summed E-state index contributed by atoms with van der Waals surface area (Å²) < 4.78 is 14.6. The molecular formula is C33H37FN8. The first-order valence-electron chi connectivity index (χ1n) is 14.0. The van der Waals surface area contributed by atoms with E-state index in [1.807, 2.05) is 45.5 Å². The number of nitrogens with one attached hydrogen (secondary N) is 4. The Morgan fingerprint density at radius 1 is 0.952 bits per heavy atom. The molecule has 0 atom stereocenters. The minimum atomic E-state index is -0.304. The monoisotopic (exact) mass is 564 g/mol. The lowest BCUT2D eigenvalue weighted by Gasteiger charge is -2.16. The average molecular weight is 565 g/mol. The molecule has 0 saturated heterocycles. The van der Waals surface area contributed by atoms with E-state index in [1.54, 1.807) is 12.4 Å². The SMILES string of the molecule is C=C(Nc1cncc(-c2cc(F)cc(NCCN(C)C)c2)c1C)c1n[nH]c2ccc(-c3cncc(NC(C)C)c3)cc12. The molecule has 0 amide bonds. The third kappa shape index (κ3) is 6.58. The van der Waals surface area contributed by atoms with E-state index in [2.05, 4.69) is 79.6 Å². The number of benzene rings is 2. The molecule has 0 aliphatic rings. The highest BCUT2D eigenvalue weighted by Crippen LogP contribution is 2.33. The van der Waals surface area contributed by atoms with Gasteiger partial charge >= 0.3 is 0 Å². The predicted molar refractivity (Wildman–Crippen MR) is 172 cm³/mol. The Hall–Kier alpha value is -4.76. The van der Waals surface area contributed by atoms with Crippen molar-refractivity contribution in [2.24, 2.45) is 0 Å². The maximum absolute atomic E-state index is 14.6. The number of aromatic amines is 1. The van der Waals surface area contributed by atoms with Gasteiger partial charge < -0.3 is 20.9 Å². The molecule has 5 rings (SSSR count). The first-order valence-corrected chi connectivity index (χ1v) is 14.0. The Bertz CT molecular complexity index is 1720. The summed E-state index contributed by atoms with van der Waals surface area (Å²) in [6.45, 7) is 12.0. The second kappa shape index (κ2) is 12.4. The van der Waals surface area contributed by atoms with E-state index in [1.165, 1.54) is 12.1 Å². The van der Waals surface area contributed by atoms with E-state index in [4.69, 9.17) is 0 Å². The lowest BCUT2D eigenvalue weighted by molar-refractivity contribution is 0.425. The van der Waals surface area contributed by atoms with Gasteiger partial charge in [-0.05, 0) is 88.0 Å². The lowest BCUT2D eigenvalue weighted by atomic mass is 10.0. The van der Waals surface area contributed by atoms with Gasteiger partial charge in [0.2, 0.25) is 0 Å². The van der Waals surface area contributed by atoms with Crippen LogP contribution in [-0.2, 0) is 0 Å². The zero-order valence-electron chi connectivity index (χ0n) is 24.7. The molecule has 5 aromatic rings. The van der Waals surface area contributed by atoms with Crippen LogP contribution < -0.4 is 16.0 Å². The molecule has 0 radical (unpaired) electrons. The molecule has 8 nitrogen and oxygen atoms in total. The van der Waals surface area contributed by atoms with Gasteiger partial charge in [-0.15, -0.1) is 0 Å². The average Bonchev–Trinajstić information content (AvgIpc) is 3.37. The Balaban J connectivity index is 1.40. The van der Waals surface area contributed by atoms with Crippen LogP contribution in [0.15, 0.2) is 73.8 Å². The van der Waals surface area contributed by atoms with Crippen LogP contribution in [0.1, 0.15) is 25.1 Å². The fraction of sp³-hybridized carbons (Fsp3) is 0.242. The standard InChI is InChI=1S/C33H37FN8/c1-20(2)38-28-13-25(16-35-17-28)23-7-8-31-29(14-23)33(41-40-31)22(4)39-32-19-36-18-30(21(32)3)24-11-26(34)15-27(12-24)37-9-10-42(5)6/h7-8,11-20,37-39H,4,9-10H2,1-3,5-6H3,(H,40,41). The lowest BCUT2D eigenvalue weighted by Crippen LogP contribution is -2.20. The van der Waals surface area contributed by atoms with Crippen molar-refractivity contribution < 1.29 is 4.39 Å². The zero-order chi connectivity index (χ0) is 29.8. The van der Waals surface area contributed by atoms with Crippen LogP contribution in [0, 0.1) is 12.7 Å². The number of nitrogens with zero attached hydrogens (tertiary/aromatic N) is 4. The van der Waals surface area contributed by atoms with Crippen molar-refractivity contribution in [1.29, 1.82) is 0 Å². The summed E-state index contributed by atoms with van der Waals surface area (Å²) in [5.41, 5.74) is 9.25. The van der Waals surface area contributed by atoms with Crippen LogP contribution in [0.4, 0.5) is 21.5 Å². The highest BCUT2D eigenvalue weighted by molar-refractivity contribution is 5.95. The van der Waals surface area contributed by atoms with Crippen molar-refractivity contribution in [2.45, 2.75) is 26.8 Å². The smallest absolute Gasteiger partial charge is 0.125 e. The Morgan fingerprint density at radius 3 is 2.52 bits per heavy atom. The number of likely N-dealkylation sites (N-methyl/N-ethyl adjacent to an activating group) is 1. The van der Waals surface area contributed by atoms with Crippen LogP contribution >= 0.6 is 0 Å². The van der Waals surface area contributed by atoms with Gasteiger partial charge in [0.05, 0.1) is 28.8 Å². The first kappa shape index (κ1) is 28.8. The topological polar surface area (TPSA) is 93.8 Å². The number of hydrogen-bond acceptors (Lipinski definition) is 7. The molecule has 0 aliphatic heterocycles. The highest BCUT2D eigenvalue weighted by atomic mass is 19.1. The van der Waals surface area contributed by atoms with Crippen LogP contribution in [0.2, 0.25) is 0 Å². The molecule has 0 bridgehead atoms. The van der Waals surface area contributed by atoms with Gasteiger partial charge in [0.15, 0.2) is 0 Å². The van der Waals surface area contributed by atoms with E-state index >= 15 is 0 Å². The summed E-state index contributed by atoms with van der Waals surface area (Å²) in [5.74, 6) is -0.304. The van der Waals surface area contributed by atoms with Crippen molar-refractivity contribution in [1.82, 2.24) is 25.1 Å². The minimum absolute atomic E-state index is 0.304. The fourth-order valence-electron chi connectivity index (χ4n) is 4.87. The molecule has 3 heterocycles. The molecule has 0 spiro atoms. The van der Waals surface area contributed by atoms with E-state index in [0.717, 1.165) is 62.3 Å². The molecule has 9 heteroatoms. The number of aromatic nitrogens is 4. The molecule has 0 saturated carbocycles. The summed E-state index contributed by atoms with van der Waals surface area (Å²) in [6, 6.07) is 13.6. The van der Waals surface area contributed by atoms with Crippen LogP contribution in [0.5, 0.6) is 0 Å². The summed E-state index contributed by atoms with van der Waals surface area (Å²) >= 11 is 0. The van der Waals surface area contributed by atoms with E-state index in [0.29, 0.717) is 24.0 Å². The fourth-order valence-corrected chi connectivity index (χ4v) is 4.87. The van der Waals surface area contributed by atoms with Crippen LogP contribution in [0.3, 0.4) is 0 Å². The van der Waals surface area contributed by atoms with Crippen molar-refractivity contribution in [2.75, 3.05) is 43.1 Å². The van der Waals surface area contributed by atoms with Gasteiger partial charge in [-0.2, -0.15) is 5.10 Å². The normalized spacial score (nSPS) is 11.3. The predicted octanol–water partition coefficient (Wildman–Crippen LogP) is 7.01. The van der Waals surface area contributed by atoms with Gasteiger partial charge in [0.1, 0.15) is 11.5 Å². The molecule has 2 aromatic carbocycles. The van der Waals surface area contributed by atoms with Gasteiger partial charge in [-0.25, -0.2) is 4.39 Å². The number of fused-ring (bicyclic) bond motifs is 1. The largest absolute Gasteiger partial charge is 0.384 e. The number of pyridine rings is 2. The molecule has 0 fully saturated rings. The Kier molecular flexibility index (Phi) is 8.49. The van der Waals surface area contributed by atoms with Crippen molar-refractivity contribution in [3.63, 3.8) is 0 Å². The number of hydrogen-bond donors (Lipinski definition) is 4. The minimum Gasteiger partial charge on any atom is -0.384 e. The third-order valence-electron chi connectivity index (χ3n) is 6.97. The van der Waals surface area contributed by atoms with Gasteiger partial charge in [-0.1, -0.05) is 12.6 Å². The molecule has 0 aliphatic carbocycles. The van der Waals surface area contributed by atoms with Crippen molar-refractivity contribution in [3.05, 3.63) is 90.9 Å². The Labute approximate surface area is 246 Å². The molecule has 4 N–H and O–H groups in total. The van der Waals surface area contributed by atoms with Crippen LogP contribution in [0.25, 0.3) is 38.9 Å². The maximum atomic E-state index is 14.6. The summed E-state index contributed by atoms with van der Waals surface area (Å²) in [5, 5.41) is 18.7. The van der Waals surface area contributed by atoms with E-state index < -0.39 is 0 Å². The van der Waals surface area contributed by atoms with Gasteiger partial charge in [0.25, 0.3) is 0 Å². The maximum Gasteiger partial charge on any atom is 0.125 e. The molecular weight excluding hydrogens is 527 g/mol. The van der Waals surface area contributed by atoms with E-state index in [9.17, 15) is 4.39 Å². The molecule has 216 valence electrons. The zero-order valence-corrected chi connectivity index (χ0v) is 24.7. The number of rotatable bonds is 11. The van der Waals surface area contributed by atoms with Gasteiger partial charge in [0, 0.05) is 59.9 Å². The second-order valence-corrected chi connectivity index (χ2v) is 11.0. The molecule has 3 aromatic heterocycles. The summed E-state index contributed by atoms with van der Waals surface area (Å²) in [6.07, 6.45) is 7.19. The first-order chi connectivity index (χ1) is 20.2. The van der Waals surface area contributed by atoms with Crippen molar-refractivity contribution in [3.8, 4) is 22.3 Å². The van der Waals surface area contributed by atoms with Crippen LogP contribution in [-0.4, -0.2) is 58.3 Å². The second-order valence-electron chi connectivity index (χ2n) is 11.0. The third-order valence-corrected chi connectivity index (χ3v) is 6.97. The number of anilines is 3. The highest BCUT2D eigenvalue weighted by Gasteiger charge is 2.15. The molecule has 0 unspecified atom stereocenters. The quantitative estimate of drug-likeness (QED) is 0.137. The number of H-pyrrole nitrogens is 1. The molecule has 42 heavy (non-hydrogen) atoms.